The molecular weight excluding hydrogens is 492 g/mol. The number of carbonyl (C=O) groups excluding carboxylic acids is 2. The summed E-state index contributed by atoms with van der Waals surface area (Å²) in [5, 5.41) is 11.6. The lowest BCUT2D eigenvalue weighted by atomic mass is 9.94. The van der Waals surface area contributed by atoms with Crippen LogP contribution in [0.4, 0.5) is 10.1 Å². The van der Waals surface area contributed by atoms with Crippen molar-refractivity contribution < 1.29 is 23.8 Å². The smallest absolute Gasteiger partial charge is 0.300 e. The van der Waals surface area contributed by atoms with Crippen LogP contribution in [0.2, 0.25) is 15.1 Å². The van der Waals surface area contributed by atoms with Crippen molar-refractivity contribution in [3.63, 3.8) is 0 Å². The highest BCUT2D eigenvalue weighted by molar-refractivity contribution is 6.52. The predicted octanol–water partition coefficient (Wildman–Crippen LogP) is 6.42. The number of ether oxygens (including phenoxy) is 1. The number of aliphatic hydroxyl groups is 1. The molecule has 4 rings (SSSR count). The van der Waals surface area contributed by atoms with Crippen LogP contribution >= 0.6 is 34.8 Å². The number of aliphatic hydroxyl groups excluding tert-OH is 1. The van der Waals surface area contributed by atoms with E-state index >= 15 is 0 Å². The minimum Gasteiger partial charge on any atom is -0.507 e. The largest absolute Gasteiger partial charge is 0.507 e. The lowest BCUT2D eigenvalue weighted by molar-refractivity contribution is -0.132. The molecule has 1 saturated heterocycles. The monoisotopic (exact) mass is 505 g/mol. The zero-order valence-electron chi connectivity index (χ0n) is 17.0. The van der Waals surface area contributed by atoms with Gasteiger partial charge in [-0.05, 0) is 42.5 Å². The molecule has 0 aromatic heterocycles. The third-order valence-electron chi connectivity index (χ3n) is 5.25. The first-order chi connectivity index (χ1) is 15.7. The summed E-state index contributed by atoms with van der Waals surface area (Å²) >= 11 is 18.3. The van der Waals surface area contributed by atoms with Crippen LogP contribution in [-0.4, -0.2) is 23.9 Å². The third-order valence-corrected chi connectivity index (χ3v) is 6.29. The second-order valence-electron chi connectivity index (χ2n) is 7.14. The first-order valence-electron chi connectivity index (χ1n) is 9.59. The first kappa shape index (κ1) is 23.1. The molecule has 3 aromatic carbocycles. The number of Topliss-reactive ketones (excluding diaryl/α,β-unsaturated/α-hetero) is 1. The van der Waals surface area contributed by atoms with E-state index in [4.69, 9.17) is 39.5 Å². The van der Waals surface area contributed by atoms with Gasteiger partial charge in [0.1, 0.15) is 17.3 Å². The molecule has 0 aliphatic carbocycles. The second-order valence-corrected chi connectivity index (χ2v) is 8.36. The Morgan fingerprint density at radius 2 is 1.70 bits per heavy atom. The van der Waals surface area contributed by atoms with Gasteiger partial charge in [-0.3, -0.25) is 14.5 Å². The summed E-state index contributed by atoms with van der Waals surface area (Å²) < 4.78 is 20.0. The molecule has 33 heavy (non-hydrogen) atoms. The molecule has 1 aliphatic rings. The van der Waals surface area contributed by atoms with E-state index in [9.17, 15) is 19.1 Å². The highest BCUT2D eigenvalue weighted by atomic mass is 35.5. The Hall–Kier alpha value is -3.06. The van der Waals surface area contributed by atoms with E-state index in [1.165, 1.54) is 61.7 Å². The number of hydrogen-bond donors (Lipinski definition) is 1. The fourth-order valence-electron chi connectivity index (χ4n) is 3.69. The molecule has 1 atom stereocenters. The number of rotatable bonds is 4. The normalized spacial score (nSPS) is 17.5. The number of anilines is 1. The Morgan fingerprint density at radius 3 is 2.33 bits per heavy atom. The van der Waals surface area contributed by atoms with Crippen molar-refractivity contribution in [2.45, 2.75) is 6.04 Å². The number of carbonyl (C=O) groups is 2. The summed E-state index contributed by atoms with van der Waals surface area (Å²) in [6.07, 6.45) is 0. The molecule has 1 amide bonds. The van der Waals surface area contributed by atoms with Crippen LogP contribution in [0, 0.1) is 5.82 Å². The standard InChI is InChI=1S/C24H15Cl3FNO4/c1-33-19-9-7-13(11-17(19)27)29-21(14-4-2-3-5-18(14)28)20(23(31)24(29)32)22(30)12-6-8-15(25)16(26)10-12/h2-11,21,30H,1H3/b22-20+. The van der Waals surface area contributed by atoms with Gasteiger partial charge in [0.2, 0.25) is 0 Å². The Bertz CT molecular complexity index is 1320. The van der Waals surface area contributed by atoms with Gasteiger partial charge >= 0.3 is 0 Å². The molecule has 0 radical (unpaired) electrons. The minimum absolute atomic E-state index is 0.0188. The average molecular weight is 507 g/mol. The van der Waals surface area contributed by atoms with Gasteiger partial charge < -0.3 is 9.84 Å². The van der Waals surface area contributed by atoms with Crippen molar-refractivity contribution >= 4 is 57.9 Å². The van der Waals surface area contributed by atoms with Gasteiger partial charge in [0.05, 0.1) is 33.8 Å². The van der Waals surface area contributed by atoms with Gasteiger partial charge in [-0.1, -0.05) is 53.0 Å². The van der Waals surface area contributed by atoms with Gasteiger partial charge in [-0.2, -0.15) is 0 Å². The quantitative estimate of drug-likeness (QED) is 0.252. The number of halogens is 4. The summed E-state index contributed by atoms with van der Waals surface area (Å²) in [6, 6.07) is 13.1. The van der Waals surface area contributed by atoms with Crippen LogP contribution in [0.25, 0.3) is 5.76 Å². The number of amides is 1. The summed E-state index contributed by atoms with van der Waals surface area (Å²) in [5.74, 6) is -2.75. The van der Waals surface area contributed by atoms with E-state index < -0.39 is 29.3 Å². The Morgan fingerprint density at radius 1 is 0.970 bits per heavy atom. The van der Waals surface area contributed by atoms with Crippen molar-refractivity contribution in [2.24, 2.45) is 0 Å². The molecule has 1 unspecified atom stereocenters. The molecule has 3 aromatic rings. The maximum atomic E-state index is 14.9. The number of benzene rings is 3. The lowest BCUT2D eigenvalue weighted by Gasteiger charge is -2.26. The van der Waals surface area contributed by atoms with Crippen LogP contribution < -0.4 is 9.64 Å². The summed E-state index contributed by atoms with van der Waals surface area (Å²) in [4.78, 5) is 27.3. The SMILES string of the molecule is COc1ccc(N2C(=O)C(=O)/C(=C(/O)c3ccc(Cl)c(Cl)c3)C2c2ccccc2F)cc1Cl. The van der Waals surface area contributed by atoms with Gasteiger partial charge in [-0.15, -0.1) is 0 Å². The average Bonchev–Trinajstić information content (AvgIpc) is 3.05. The number of nitrogens with zero attached hydrogens (tertiary/aromatic N) is 1. The summed E-state index contributed by atoms with van der Waals surface area (Å²) in [5.41, 5.74) is 0.0986. The molecule has 1 fully saturated rings. The van der Waals surface area contributed by atoms with Crippen LogP contribution in [0.1, 0.15) is 17.2 Å². The first-order valence-corrected chi connectivity index (χ1v) is 10.7. The Balaban J connectivity index is 1.97. The molecule has 5 nitrogen and oxygen atoms in total. The minimum atomic E-state index is -1.26. The van der Waals surface area contributed by atoms with Crippen molar-refractivity contribution in [2.75, 3.05) is 12.0 Å². The molecule has 0 bridgehead atoms. The molecule has 168 valence electrons. The maximum absolute atomic E-state index is 14.9. The van der Waals surface area contributed by atoms with E-state index in [0.29, 0.717) is 5.75 Å². The fourth-order valence-corrected chi connectivity index (χ4v) is 4.24. The summed E-state index contributed by atoms with van der Waals surface area (Å²) in [7, 11) is 1.43. The third kappa shape index (κ3) is 4.06. The van der Waals surface area contributed by atoms with Gasteiger partial charge in [0.25, 0.3) is 11.7 Å². The Kier molecular flexibility index (Phi) is 6.34. The summed E-state index contributed by atoms with van der Waals surface area (Å²) in [6.45, 7) is 0. The molecule has 1 heterocycles. The molecular formula is C24H15Cl3FNO4. The van der Waals surface area contributed by atoms with E-state index in [0.717, 1.165) is 4.90 Å². The van der Waals surface area contributed by atoms with Crippen molar-refractivity contribution in [1.29, 1.82) is 0 Å². The van der Waals surface area contributed by atoms with Crippen molar-refractivity contribution in [3.8, 4) is 5.75 Å². The fraction of sp³-hybridized carbons (Fsp3) is 0.0833. The molecule has 0 saturated carbocycles. The van der Waals surface area contributed by atoms with Crippen LogP contribution in [0.3, 0.4) is 0 Å². The molecule has 1 N–H and O–H groups in total. The zero-order chi connectivity index (χ0) is 23.9. The highest BCUT2D eigenvalue weighted by Crippen LogP contribution is 2.44. The lowest BCUT2D eigenvalue weighted by Crippen LogP contribution is -2.29. The molecule has 9 heteroatoms. The van der Waals surface area contributed by atoms with Crippen molar-refractivity contribution in [3.05, 3.63) is 98.2 Å². The second kappa shape index (κ2) is 9.06. The van der Waals surface area contributed by atoms with Crippen LogP contribution in [-0.2, 0) is 9.59 Å². The van der Waals surface area contributed by atoms with Gasteiger partial charge in [0.15, 0.2) is 0 Å². The van der Waals surface area contributed by atoms with E-state index in [1.807, 2.05) is 0 Å². The highest BCUT2D eigenvalue weighted by Gasteiger charge is 2.48. The topological polar surface area (TPSA) is 66.8 Å². The van der Waals surface area contributed by atoms with E-state index in [1.54, 1.807) is 6.07 Å². The zero-order valence-corrected chi connectivity index (χ0v) is 19.2. The maximum Gasteiger partial charge on any atom is 0.300 e. The predicted molar refractivity (Wildman–Crippen MR) is 126 cm³/mol. The van der Waals surface area contributed by atoms with E-state index in [2.05, 4.69) is 0 Å². The van der Waals surface area contributed by atoms with Crippen molar-refractivity contribution in [1.82, 2.24) is 0 Å². The van der Waals surface area contributed by atoms with E-state index in [-0.39, 0.29) is 37.5 Å². The van der Waals surface area contributed by atoms with Gasteiger partial charge in [-0.25, -0.2) is 4.39 Å². The molecule has 0 spiro atoms. The number of hydrogen-bond acceptors (Lipinski definition) is 4. The van der Waals surface area contributed by atoms with Crippen LogP contribution in [0.5, 0.6) is 5.75 Å². The number of ketones is 1. The van der Waals surface area contributed by atoms with Crippen LogP contribution in [0.15, 0.2) is 66.2 Å². The Labute approximate surface area is 203 Å². The molecule has 1 aliphatic heterocycles. The number of methoxy groups -OCH3 is 1. The van der Waals surface area contributed by atoms with Gasteiger partial charge in [0, 0.05) is 16.8 Å².